The van der Waals surface area contributed by atoms with Gasteiger partial charge in [-0.25, -0.2) is 0 Å². The van der Waals surface area contributed by atoms with E-state index in [2.05, 4.69) is 31.2 Å². The minimum atomic E-state index is 0.326. The number of hydrogen-bond acceptors (Lipinski definition) is 2. The van der Waals surface area contributed by atoms with Crippen LogP contribution < -0.4 is 5.73 Å². The van der Waals surface area contributed by atoms with Crippen molar-refractivity contribution in [1.82, 2.24) is 0 Å². The van der Waals surface area contributed by atoms with Gasteiger partial charge in [0.05, 0.1) is 0 Å². The predicted octanol–water partition coefficient (Wildman–Crippen LogP) is 3.16. The summed E-state index contributed by atoms with van der Waals surface area (Å²) in [4.78, 5) is 0. The van der Waals surface area contributed by atoms with Crippen LogP contribution in [-0.2, 0) is 0 Å². The van der Waals surface area contributed by atoms with Crippen LogP contribution in [0.25, 0.3) is 11.1 Å². The van der Waals surface area contributed by atoms with E-state index in [9.17, 15) is 5.11 Å². The van der Waals surface area contributed by atoms with Crippen molar-refractivity contribution in [3.05, 3.63) is 53.1 Å². The van der Waals surface area contributed by atoms with Crippen molar-refractivity contribution in [2.45, 2.75) is 19.3 Å². The van der Waals surface area contributed by atoms with Crippen LogP contribution >= 0.6 is 0 Å². The summed E-state index contributed by atoms with van der Waals surface area (Å²) in [5.41, 5.74) is 11.7. The molecule has 3 N–H and O–H groups in total. The van der Waals surface area contributed by atoms with Crippen molar-refractivity contribution in [3.8, 4) is 16.9 Å². The lowest BCUT2D eigenvalue weighted by atomic mass is 9.93. The molecule has 2 aromatic carbocycles. The maximum absolute atomic E-state index is 10.1. The zero-order valence-electron chi connectivity index (χ0n) is 10.5. The lowest BCUT2D eigenvalue weighted by Gasteiger charge is -2.12. The summed E-state index contributed by atoms with van der Waals surface area (Å²) in [6, 6.07) is 12.2. The van der Waals surface area contributed by atoms with Gasteiger partial charge in [-0.2, -0.15) is 0 Å². The first kappa shape index (κ1) is 11.3. The van der Waals surface area contributed by atoms with Crippen LogP contribution in [0.5, 0.6) is 5.75 Å². The van der Waals surface area contributed by atoms with Crippen molar-refractivity contribution in [3.63, 3.8) is 0 Å². The van der Waals surface area contributed by atoms with Crippen LogP contribution in [0.15, 0.2) is 36.4 Å². The summed E-state index contributed by atoms with van der Waals surface area (Å²) in [5.74, 6) is 0.698. The third-order valence-electron chi connectivity index (χ3n) is 3.76. The van der Waals surface area contributed by atoms with E-state index in [0.717, 1.165) is 17.5 Å². The summed E-state index contributed by atoms with van der Waals surface area (Å²) in [5, 5.41) is 10.1. The molecule has 0 radical (unpaired) electrons. The molecule has 1 atom stereocenters. The molecular weight excluding hydrogens is 222 g/mol. The summed E-state index contributed by atoms with van der Waals surface area (Å²) < 4.78 is 0. The van der Waals surface area contributed by atoms with Gasteiger partial charge in [-0.15, -0.1) is 0 Å². The zero-order valence-corrected chi connectivity index (χ0v) is 10.5. The number of aromatic hydroxyl groups is 1. The van der Waals surface area contributed by atoms with Gasteiger partial charge in [-0.3, -0.25) is 0 Å². The van der Waals surface area contributed by atoms with Crippen LogP contribution in [0.1, 0.15) is 29.0 Å². The molecule has 0 amide bonds. The molecule has 0 spiro atoms. The van der Waals surface area contributed by atoms with Gasteiger partial charge in [0.25, 0.3) is 0 Å². The van der Waals surface area contributed by atoms with Crippen molar-refractivity contribution >= 4 is 0 Å². The Morgan fingerprint density at radius 3 is 2.78 bits per heavy atom. The molecule has 1 unspecified atom stereocenters. The number of phenols is 1. The summed E-state index contributed by atoms with van der Waals surface area (Å²) >= 11 is 0. The molecule has 2 aromatic rings. The Morgan fingerprint density at radius 1 is 1.17 bits per heavy atom. The highest BCUT2D eigenvalue weighted by Gasteiger charge is 2.29. The second-order valence-corrected chi connectivity index (χ2v) is 4.96. The fourth-order valence-corrected chi connectivity index (χ4v) is 2.98. The number of fused-ring (bicyclic) bond motifs is 3. The molecule has 0 bridgehead atoms. The highest BCUT2D eigenvalue weighted by atomic mass is 16.3. The molecule has 2 nitrogen and oxygen atoms in total. The molecule has 3 rings (SSSR count). The van der Waals surface area contributed by atoms with Gasteiger partial charge in [0.2, 0.25) is 0 Å². The van der Waals surface area contributed by atoms with E-state index >= 15 is 0 Å². The highest BCUT2D eigenvalue weighted by molar-refractivity contribution is 5.83. The number of aryl methyl sites for hydroxylation is 1. The maximum atomic E-state index is 10.1. The van der Waals surface area contributed by atoms with Crippen LogP contribution in [0.2, 0.25) is 0 Å². The Labute approximate surface area is 107 Å². The van der Waals surface area contributed by atoms with E-state index in [0.29, 0.717) is 18.2 Å². The minimum Gasteiger partial charge on any atom is -0.507 e. The number of nitrogens with two attached hydrogens (primary N) is 1. The second-order valence-electron chi connectivity index (χ2n) is 4.96. The molecular formula is C16H17NO. The molecule has 0 saturated carbocycles. The quantitative estimate of drug-likeness (QED) is 0.845. The van der Waals surface area contributed by atoms with Crippen LogP contribution in [0.3, 0.4) is 0 Å². The Hall–Kier alpha value is -1.80. The smallest absolute Gasteiger partial charge is 0.123 e. The predicted molar refractivity (Wildman–Crippen MR) is 73.8 cm³/mol. The first-order valence-electron chi connectivity index (χ1n) is 6.35. The van der Waals surface area contributed by atoms with Crippen molar-refractivity contribution in [2.75, 3.05) is 6.54 Å². The van der Waals surface area contributed by atoms with Gasteiger partial charge >= 0.3 is 0 Å². The molecule has 0 heterocycles. The fourth-order valence-electron chi connectivity index (χ4n) is 2.98. The van der Waals surface area contributed by atoms with Crippen molar-refractivity contribution < 1.29 is 5.11 Å². The lowest BCUT2D eigenvalue weighted by molar-refractivity contribution is 0.477. The molecule has 18 heavy (non-hydrogen) atoms. The average molecular weight is 239 g/mol. The Bertz CT molecular complexity index is 604. The Kier molecular flexibility index (Phi) is 2.60. The molecule has 2 heteroatoms. The van der Waals surface area contributed by atoms with Crippen LogP contribution in [-0.4, -0.2) is 11.7 Å². The van der Waals surface area contributed by atoms with Gasteiger partial charge in [-0.1, -0.05) is 35.9 Å². The third-order valence-corrected chi connectivity index (χ3v) is 3.76. The molecule has 0 aromatic heterocycles. The molecule has 92 valence electrons. The SMILES string of the molecule is Cc1ccc2c(c1)C(CCN)c1cccc(O)c1-2. The van der Waals surface area contributed by atoms with Crippen LogP contribution in [0.4, 0.5) is 0 Å². The van der Waals surface area contributed by atoms with Gasteiger partial charge in [0, 0.05) is 11.5 Å². The van der Waals surface area contributed by atoms with E-state index in [4.69, 9.17) is 5.73 Å². The largest absolute Gasteiger partial charge is 0.507 e. The molecule has 1 aliphatic rings. The standard InChI is InChI=1S/C16H17NO/c1-10-5-6-13-14(9-10)11(7-8-17)12-3-2-4-15(18)16(12)13/h2-6,9,11,18H,7-8,17H2,1H3. The van der Waals surface area contributed by atoms with E-state index in [1.165, 1.54) is 16.7 Å². The molecule has 0 saturated heterocycles. The van der Waals surface area contributed by atoms with E-state index in [-0.39, 0.29) is 0 Å². The van der Waals surface area contributed by atoms with Crippen LogP contribution in [0, 0.1) is 6.92 Å². The van der Waals surface area contributed by atoms with Crippen molar-refractivity contribution in [2.24, 2.45) is 5.73 Å². The zero-order chi connectivity index (χ0) is 12.7. The molecule has 1 aliphatic carbocycles. The third kappa shape index (κ3) is 1.53. The van der Waals surface area contributed by atoms with Gasteiger partial charge in [0.15, 0.2) is 0 Å². The second kappa shape index (κ2) is 4.14. The summed E-state index contributed by atoms with van der Waals surface area (Å²) in [6.45, 7) is 2.76. The maximum Gasteiger partial charge on any atom is 0.123 e. The lowest BCUT2D eigenvalue weighted by Crippen LogP contribution is -2.06. The summed E-state index contributed by atoms with van der Waals surface area (Å²) in [7, 11) is 0. The number of rotatable bonds is 2. The van der Waals surface area contributed by atoms with E-state index < -0.39 is 0 Å². The minimum absolute atomic E-state index is 0.326. The number of phenolic OH excluding ortho intramolecular Hbond substituents is 1. The normalized spacial score (nSPS) is 16.4. The van der Waals surface area contributed by atoms with Gasteiger partial charge < -0.3 is 10.8 Å². The fraction of sp³-hybridized carbons (Fsp3) is 0.250. The first-order chi connectivity index (χ1) is 8.72. The van der Waals surface area contributed by atoms with Gasteiger partial charge in [-0.05, 0) is 42.6 Å². The molecule has 0 fully saturated rings. The molecule has 0 aliphatic heterocycles. The highest BCUT2D eigenvalue weighted by Crippen LogP contribution is 2.49. The van der Waals surface area contributed by atoms with E-state index in [1.54, 1.807) is 6.07 Å². The van der Waals surface area contributed by atoms with Crippen molar-refractivity contribution in [1.29, 1.82) is 0 Å². The first-order valence-corrected chi connectivity index (χ1v) is 6.35. The Morgan fingerprint density at radius 2 is 2.00 bits per heavy atom. The summed E-state index contributed by atoms with van der Waals surface area (Å²) in [6.07, 6.45) is 0.924. The topological polar surface area (TPSA) is 46.2 Å². The Balaban J connectivity index is 2.27. The van der Waals surface area contributed by atoms with Gasteiger partial charge in [0.1, 0.15) is 5.75 Å². The number of hydrogen-bond donors (Lipinski definition) is 2. The average Bonchev–Trinajstić information content (AvgIpc) is 2.66. The van der Waals surface area contributed by atoms with E-state index in [1.807, 2.05) is 6.07 Å². The monoisotopic (exact) mass is 239 g/mol. The number of benzene rings is 2.